The third kappa shape index (κ3) is 3.16. The number of carbonyl (C=O) groups is 1. The smallest absolute Gasteiger partial charge is 0.224 e. The maximum Gasteiger partial charge on any atom is 0.224 e. The summed E-state index contributed by atoms with van der Waals surface area (Å²) in [6.07, 6.45) is 8.47. The van der Waals surface area contributed by atoms with Crippen LogP contribution in [-0.2, 0) is 4.79 Å². The molecule has 0 bridgehead atoms. The van der Waals surface area contributed by atoms with Crippen molar-refractivity contribution in [1.29, 1.82) is 0 Å². The summed E-state index contributed by atoms with van der Waals surface area (Å²) in [7, 11) is 0. The molecule has 1 amide bonds. The van der Waals surface area contributed by atoms with Crippen molar-refractivity contribution in [3.05, 3.63) is 42.2 Å². The highest BCUT2D eigenvalue weighted by Crippen LogP contribution is 2.23. The van der Waals surface area contributed by atoms with Gasteiger partial charge in [-0.1, -0.05) is 18.2 Å². The predicted octanol–water partition coefficient (Wildman–Crippen LogP) is 2.27. The van der Waals surface area contributed by atoms with E-state index in [0.29, 0.717) is 12.3 Å². The summed E-state index contributed by atoms with van der Waals surface area (Å²) in [6, 6.07) is 5.75. The zero-order valence-electron chi connectivity index (χ0n) is 11.9. The molecule has 0 spiro atoms. The molecule has 2 aromatic rings. The molecule has 0 saturated heterocycles. The van der Waals surface area contributed by atoms with Gasteiger partial charge in [-0.25, -0.2) is 4.68 Å². The lowest BCUT2D eigenvalue weighted by Gasteiger charge is -2.12. The number of benzene rings is 1. The minimum absolute atomic E-state index is 0.0449. The molecule has 1 unspecified atom stereocenters. The van der Waals surface area contributed by atoms with Gasteiger partial charge in [0, 0.05) is 12.1 Å². The van der Waals surface area contributed by atoms with Crippen LogP contribution in [0.15, 0.2) is 36.7 Å². The molecule has 108 valence electrons. The average molecular weight is 283 g/mol. The SMILES string of the molecule is Cc1ccc(-n2cnnn2)cc1NC(=O)CC1C=CCC1. The van der Waals surface area contributed by atoms with E-state index < -0.39 is 0 Å². The lowest BCUT2D eigenvalue weighted by molar-refractivity contribution is -0.116. The van der Waals surface area contributed by atoms with Crippen molar-refractivity contribution in [2.24, 2.45) is 5.92 Å². The van der Waals surface area contributed by atoms with E-state index in [1.54, 1.807) is 4.68 Å². The number of nitrogens with one attached hydrogen (secondary N) is 1. The third-order valence-corrected chi connectivity index (χ3v) is 3.67. The van der Waals surface area contributed by atoms with Crippen LogP contribution in [0.5, 0.6) is 0 Å². The summed E-state index contributed by atoms with van der Waals surface area (Å²) in [4.78, 5) is 12.1. The van der Waals surface area contributed by atoms with Gasteiger partial charge in [0.05, 0.1) is 5.69 Å². The fraction of sp³-hybridized carbons (Fsp3) is 0.333. The van der Waals surface area contributed by atoms with Gasteiger partial charge in [0.2, 0.25) is 5.91 Å². The number of tetrazole rings is 1. The molecule has 6 nitrogen and oxygen atoms in total. The quantitative estimate of drug-likeness (QED) is 0.874. The number of amides is 1. The Morgan fingerprint density at radius 3 is 3.10 bits per heavy atom. The molecule has 0 radical (unpaired) electrons. The van der Waals surface area contributed by atoms with Crippen LogP contribution in [0, 0.1) is 12.8 Å². The van der Waals surface area contributed by atoms with Crippen LogP contribution >= 0.6 is 0 Å². The van der Waals surface area contributed by atoms with Crippen LogP contribution in [0.3, 0.4) is 0 Å². The second kappa shape index (κ2) is 5.87. The fourth-order valence-electron chi connectivity index (χ4n) is 2.47. The van der Waals surface area contributed by atoms with Gasteiger partial charge in [-0.05, 0) is 53.8 Å². The fourth-order valence-corrected chi connectivity index (χ4v) is 2.47. The minimum atomic E-state index is 0.0449. The first-order valence-corrected chi connectivity index (χ1v) is 7.03. The Morgan fingerprint density at radius 2 is 2.38 bits per heavy atom. The average Bonchev–Trinajstić information content (AvgIpc) is 3.14. The topological polar surface area (TPSA) is 72.7 Å². The van der Waals surface area contributed by atoms with Crippen LogP contribution < -0.4 is 5.32 Å². The molecule has 0 fully saturated rings. The summed E-state index contributed by atoms with van der Waals surface area (Å²) < 4.78 is 1.56. The highest BCUT2D eigenvalue weighted by atomic mass is 16.1. The number of hydrogen-bond acceptors (Lipinski definition) is 4. The minimum Gasteiger partial charge on any atom is -0.326 e. The van der Waals surface area contributed by atoms with Crippen LogP contribution in [0.4, 0.5) is 5.69 Å². The van der Waals surface area contributed by atoms with Gasteiger partial charge >= 0.3 is 0 Å². The van der Waals surface area contributed by atoms with Crippen LogP contribution in [0.2, 0.25) is 0 Å². The molecule has 1 aromatic carbocycles. The molecular formula is C15H17N5O. The number of aryl methyl sites for hydroxylation is 1. The predicted molar refractivity (Wildman–Crippen MR) is 79.0 cm³/mol. The van der Waals surface area contributed by atoms with Crippen molar-refractivity contribution < 1.29 is 4.79 Å². The van der Waals surface area contributed by atoms with Gasteiger partial charge in [-0.3, -0.25) is 4.79 Å². The molecular weight excluding hydrogens is 266 g/mol. The zero-order chi connectivity index (χ0) is 14.7. The highest BCUT2D eigenvalue weighted by Gasteiger charge is 2.15. The maximum absolute atomic E-state index is 12.1. The second-order valence-corrected chi connectivity index (χ2v) is 5.27. The maximum atomic E-state index is 12.1. The van der Waals surface area contributed by atoms with E-state index in [1.807, 2.05) is 25.1 Å². The van der Waals surface area contributed by atoms with Crippen molar-refractivity contribution in [2.75, 3.05) is 5.32 Å². The van der Waals surface area contributed by atoms with E-state index in [0.717, 1.165) is 29.8 Å². The van der Waals surface area contributed by atoms with E-state index in [-0.39, 0.29) is 5.91 Å². The molecule has 0 saturated carbocycles. The first-order valence-electron chi connectivity index (χ1n) is 7.03. The molecule has 21 heavy (non-hydrogen) atoms. The van der Waals surface area contributed by atoms with E-state index in [4.69, 9.17) is 0 Å². The summed E-state index contributed by atoms with van der Waals surface area (Å²) in [5, 5.41) is 14.1. The summed E-state index contributed by atoms with van der Waals surface area (Å²) in [5.74, 6) is 0.413. The molecule has 1 aromatic heterocycles. The normalized spacial score (nSPS) is 17.1. The molecule has 1 aliphatic carbocycles. The number of aromatic nitrogens is 4. The molecule has 1 N–H and O–H groups in total. The monoisotopic (exact) mass is 283 g/mol. The van der Waals surface area contributed by atoms with Gasteiger partial charge < -0.3 is 5.32 Å². The Labute approximate surface area is 122 Å². The molecule has 3 rings (SSSR count). The molecule has 0 aliphatic heterocycles. The van der Waals surface area contributed by atoms with E-state index >= 15 is 0 Å². The lowest BCUT2D eigenvalue weighted by Crippen LogP contribution is -2.15. The highest BCUT2D eigenvalue weighted by molar-refractivity contribution is 5.92. The number of rotatable bonds is 4. The van der Waals surface area contributed by atoms with Crippen molar-refractivity contribution >= 4 is 11.6 Å². The first kappa shape index (κ1) is 13.5. The molecule has 1 atom stereocenters. The molecule has 6 heteroatoms. The van der Waals surface area contributed by atoms with Crippen molar-refractivity contribution in [2.45, 2.75) is 26.2 Å². The van der Waals surface area contributed by atoms with Crippen molar-refractivity contribution in [1.82, 2.24) is 20.2 Å². The number of carbonyl (C=O) groups excluding carboxylic acids is 1. The Bertz CT molecular complexity index is 663. The summed E-state index contributed by atoms with van der Waals surface area (Å²) in [6.45, 7) is 1.97. The van der Waals surface area contributed by atoms with Crippen molar-refractivity contribution in [3.63, 3.8) is 0 Å². The standard InChI is InChI=1S/C15H17N5O/c1-11-6-7-13(20-10-16-18-19-20)9-14(11)17-15(21)8-12-4-2-3-5-12/h2,4,6-7,9-10,12H,3,5,8H2,1H3,(H,17,21). The lowest BCUT2D eigenvalue weighted by atomic mass is 10.0. The second-order valence-electron chi connectivity index (χ2n) is 5.27. The Morgan fingerprint density at radius 1 is 1.48 bits per heavy atom. The van der Waals surface area contributed by atoms with E-state index in [1.165, 1.54) is 6.33 Å². The first-order chi connectivity index (χ1) is 10.2. The number of anilines is 1. The summed E-state index contributed by atoms with van der Waals surface area (Å²) in [5.41, 5.74) is 2.64. The summed E-state index contributed by atoms with van der Waals surface area (Å²) >= 11 is 0. The van der Waals surface area contributed by atoms with Gasteiger partial charge in [0.1, 0.15) is 6.33 Å². The Hall–Kier alpha value is -2.50. The van der Waals surface area contributed by atoms with Gasteiger partial charge in [-0.2, -0.15) is 0 Å². The van der Waals surface area contributed by atoms with Gasteiger partial charge in [0.15, 0.2) is 0 Å². The zero-order valence-corrected chi connectivity index (χ0v) is 11.9. The molecule has 1 aliphatic rings. The Balaban J connectivity index is 1.73. The van der Waals surface area contributed by atoms with E-state index in [2.05, 4.69) is 33.0 Å². The van der Waals surface area contributed by atoms with E-state index in [9.17, 15) is 4.79 Å². The molecule has 1 heterocycles. The largest absolute Gasteiger partial charge is 0.326 e. The van der Waals surface area contributed by atoms with Crippen LogP contribution in [0.1, 0.15) is 24.8 Å². The van der Waals surface area contributed by atoms with Gasteiger partial charge in [-0.15, -0.1) is 5.10 Å². The van der Waals surface area contributed by atoms with Crippen LogP contribution in [-0.4, -0.2) is 26.1 Å². The van der Waals surface area contributed by atoms with Gasteiger partial charge in [0.25, 0.3) is 0 Å². The van der Waals surface area contributed by atoms with Crippen molar-refractivity contribution in [3.8, 4) is 5.69 Å². The number of nitrogens with zero attached hydrogens (tertiary/aromatic N) is 4. The Kier molecular flexibility index (Phi) is 3.77. The number of hydrogen-bond donors (Lipinski definition) is 1. The third-order valence-electron chi connectivity index (χ3n) is 3.67. The van der Waals surface area contributed by atoms with Crippen LogP contribution in [0.25, 0.3) is 5.69 Å². The number of allylic oxidation sites excluding steroid dienone is 2.